The van der Waals surface area contributed by atoms with Gasteiger partial charge in [-0.3, -0.25) is 4.79 Å². The number of amides is 1. The Morgan fingerprint density at radius 1 is 1.11 bits per heavy atom. The van der Waals surface area contributed by atoms with Crippen molar-refractivity contribution in [2.75, 3.05) is 5.32 Å². The van der Waals surface area contributed by atoms with Crippen molar-refractivity contribution in [3.05, 3.63) is 66.3 Å². The van der Waals surface area contributed by atoms with Gasteiger partial charge in [-0.15, -0.1) is 10.2 Å². The summed E-state index contributed by atoms with van der Waals surface area (Å²) in [5.41, 5.74) is 0.716. The number of anilines is 1. The number of halogens is 1. The van der Waals surface area contributed by atoms with Crippen molar-refractivity contribution in [2.24, 2.45) is 0 Å². The molecule has 2 aromatic carbocycles. The highest BCUT2D eigenvalue weighted by Gasteiger charge is 2.21. The van der Waals surface area contributed by atoms with Gasteiger partial charge in [-0.05, 0) is 38.1 Å². The van der Waals surface area contributed by atoms with Crippen molar-refractivity contribution in [1.29, 1.82) is 0 Å². The molecule has 1 N–H and O–H groups in total. The Hall–Kier alpha value is -2.87. The van der Waals surface area contributed by atoms with Crippen LogP contribution in [0.3, 0.4) is 0 Å². The Labute approximate surface area is 160 Å². The molecule has 0 aliphatic carbocycles. The van der Waals surface area contributed by atoms with Gasteiger partial charge >= 0.3 is 0 Å². The molecule has 0 saturated carbocycles. The van der Waals surface area contributed by atoms with Crippen molar-refractivity contribution < 1.29 is 18.3 Å². The topological polar surface area (TPSA) is 77.2 Å². The predicted octanol–water partition coefficient (Wildman–Crippen LogP) is 4.47. The highest BCUT2D eigenvalue weighted by Crippen LogP contribution is 2.27. The average Bonchev–Trinajstić information content (AvgIpc) is 3.13. The molecule has 1 aromatic heterocycles. The first-order valence-electron chi connectivity index (χ1n) is 8.30. The molecule has 6 nitrogen and oxygen atoms in total. The van der Waals surface area contributed by atoms with Gasteiger partial charge in [0.05, 0.1) is 5.25 Å². The number of benzene rings is 2. The molecule has 140 valence electrons. The number of hydrogen-bond donors (Lipinski definition) is 1. The fourth-order valence-corrected chi connectivity index (χ4v) is 2.87. The zero-order chi connectivity index (χ0) is 19.2. The Kier molecular flexibility index (Phi) is 6.08. The Balaban J connectivity index is 1.58. The van der Waals surface area contributed by atoms with E-state index >= 15 is 0 Å². The van der Waals surface area contributed by atoms with Crippen LogP contribution in [0.15, 0.2) is 64.2 Å². The Morgan fingerprint density at radius 3 is 2.56 bits per heavy atom. The second-order valence-corrected chi connectivity index (χ2v) is 7.00. The normalized spacial score (nSPS) is 13.0. The molecular formula is C19H18FN3O3S. The van der Waals surface area contributed by atoms with Gasteiger partial charge in [0, 0.05) is 5.69 Å². The van der Waals surface area contributed by atoms with E-state index in [1.54, 1.807) is 26.0 Å². The van der Waals surface area contributed by atoms with E-state index in [0.29, 0.717) is 5.69 Å². The fraction of sp³-hybridized carbons (Fsp3) is 0.211. The largest absolute Gasteiger partial charge is 0.478 e. The number of aromatic nitrogens is 2. The molecular weight excluding hydrogens is 369 g/mol. The van der Waals surface area contributed by atoms with Crippen LogP contribution in [0.2, 0.25) is 0 Å². The SMILES string of the molecule is C[C@H](Sc1nnc([C@@H](C)Oc2ccccc2F)o1)C(=O)Nc1ccccc1. The monoisotopic (exact) mass is 387 g/mol. The van der Waals surface area contributed by atoms with Crippen molar-refractivity contribution in [3.63, 3.8) is 0 Å². The van der Waals surface area contributed by atoms with Crippen LogP contribution in [-0.4, -0.2) is 21.4 Å². The molecule has 3 rings (SSSR count). The molecule has 0 fully saturated rings. The fourth-order valence-electron chi connectivity index (χ4n) is 2.18. The molecule has 0 aliphatic heterocycles. The highest BCUT2D eigenvalue weighted by molar-refractivity contribution is 8.00. The molecule has 3 aromatic rings. The van der Waals surface area contributed by atoms with Crippen molar-refractivity contribution in [3.8, 4) is 5.75 Å². The quantitative estimate of drug-likeness (QED) is 0.603. The summed E-state index contributed by atoms with van der Waals surface area (Å²) < 4.78 is 24.7. The molecule has 1 amide bonds. The Morgan fingerprint density at radius 2 is 1.81 bits per heavy atom. The lowest BCUT2D eigenvalue weighted by Crippen LogP contribution is -2.22. The lowest BCUT2D eigenvalue weighted by Gasteiger charge is -2.11. The number of carbonyl (C=O) groups is 1. The minimum Gasteiger partial charge on any atom is -0.478 e. The third-order valence-electron chi connectivity index (χ3n) is 3.60. The number of rotatable bonds is 7. The van der Waals surface area contributed by atoms with E-state index in [0.717, 1.165) is 11.8 Å². The van der Waals surface area contributed by atoms with E-state index in [2.05, 4.69) is 15.5 Å². The number of nitrogens with one attached hydrogen (secondary N) is 1. The zero-order valence-corrected chi connectivity index (χ0v) is 15.6. The molecule has 0 spiro atoms. The first kappa shape index (κ1) is 18.9. The summed E-state index contributed by atoms with van der Waals surface area (Å²) in [6, 6.07) is 15.3. The number of hydrogen-bond acceptors (Lipinski definition) is 6. The standard InChI is InChI=1S/C19H18FN3O3S/c1-12(25-16-11-7-6-10-15(16)20)18-22-23-19(26-18)27-13(2)17(24)21-14-8-4-3-5-9-14/h3-13H,1-2H3,(H,21,24)/t12-,13+/m1/s1. The summed E-state index contributed by atoms with van der Waals surface area (Å²) in [4.78, 5) is 12.2. The molecule has 0 bridgehead atoms. The third kappa shape index (κ3) is 5.07. The molecule has 8 heteroatoms. The van der Waals surface area contributed by atoms with Crippen LogP contribution in [0.5, 0.6) is 5.75 Å². The van der Waals surface area contributed by atoms with Crippen LogP contribution >= 0.6 is 11.8 Å². The minimum atomic E-state index is -0.628. The first-order valence-corrected chi connectivity index (χ1v) is 9.18. The van der Waals surface area contributed by atoms with E-state index in [9.17, 15) is 9.18 Å². The van der Waals surface area contributed by atoms with Crippen LogP contribution in [0.4, 0.5) is 10.1 Å². The smallest absolute Gasteiger partial charge is 0.277 e. The van der Waals surface area contributed by atoms with Crippen LogP contribution in [-0.2, 0) is 4.79 Å². The summed E-state index contributed by atoms with van der Waals surface area (Å²) in [6.45, 7) is 3.42. The number of ether oxygens (including phenoxy) is 1. The molecule has 2 atom stereocenters. The Bertz CT molecular complexity index is 904. The number of para-hydroxylation sites is 2. The van der Waals surface area contributed by atoms with E-state index in [1.807, 2.05) is 30.3 Å². The van der Waals surface area contributed by atoms with E-state index < -0.39 is 17.2 Å². The lowest BCUT2D eigenvalue weighted by molar-refractivity contribution is -0.115. The third-order valence-corrected chi connectivity index (χ3v) is 4.53. The summed E-state index contributed by atoms with van der Waals surface area (Å²) in [5, 5.41) is 10.5. The lowest BCUT2D eigenvalue weighted by atomic mass is 10.3. The van der Waals surface area contributed by atoms with E-state index in [4.69, 9.17) is 9.15 Å². The van der Waals surface area contributed by atoms with Gasteiger partial charge in [-0.2, -0.15) is 0 Å². The molecule has 0 unspecified atom stereocenters. The number of carbonyl (C=O) groups excluding carboxylic acids is 1. The van der Waals surface area contributed by atoms with Gasteiger partial charge < -0.3 is 14.5 Å². The van der Waals surface area contributed by atoms with Crippen molar-refractivity contribution >= 4 is 23.4 Å². The number of thioether (sulfide) groups is 1. The van der Waals surface area contributed by atoms with Gasteiger partial charge in [0.2, 0.25) is 5.91 Å². The summed E-state index contributed by atoms with van der Waals surface area (Å²) >= 11 is 1.14. The van der Waals surface area contributed by atoms with E-state index in [1.165, 1.54) is 12.1 Å². The summed E-state index contributed by atoms with van der Waals surface area (Å²) in [6.07, 6.45) is -0.628. The van der Waals surface area contributed by atoms with Gasteiger partial charge in [0.15, 0.2) is 17.7 Å². The van der Waals surface area contributed by atoms with Crippen LogP contribution in [0.25, 0.3) is 0 Å². The molecule has 0 saturated heterocycles. The van der Waals surface area contributed by atoms with Gasteiger partial charge in [0.25, 0.3) is 11.1 Å². The maximum atomic E-state index is 13.7. The molecule has 27 heavy (non-hydrogen) atoms. The highest BCUT2D eigenvalue weighted by atomic mass is 32.2. The zero-order valence-electron chi connectivity index (χ0n) is 14.8. The summed E-state index contributed by atoms with van der Waals surface area (Å²) in [7, 11) is 0. The minimum absolute atomic E-state index is 0.105. The average molecular weight is 387 g/mol. The predicted molar refractivity (Wildman–Crippen MR) is 100 cm³/mol. The van der Waals surface area contributed by atoms with Gasteiger partial charge in [-0.1, -0.05) is 42.1 Å². The maximum Gasteiger partial charge on any atom is 0.277 e. The van der Waals surface area contributed by atoms with Crippen LogP contribution in [0, 0.1) is 5.82 Å². The van der Waals surface area contributed by atoms with Crippen LogP contribution in [0.1, 0.15) is 25.8 Å². The van der Waals surface area contributed by atoms with Gasteiger partial charge in [0.1, 0.15) is 0 Å². The maximum absolute atomic E-state index is 13.7. The van der Waals surface area contributed by atoms with Crippen molar-refractivity contribution in [2.45, 2.75) is 30.4 Å². The van der Waals surface area contributed by atoms with E-state index in [-0.39, 0.29) is 22.8 Å². The first-order chi connectivity index (χ1) is 13.0. The molecule has 0 radical (unpaired) electrons. The van der Waals surface area contributed by atoms with Crippen molar-refractivity contribution in [1.82, 2.24) is 10.2 Å². The molecule has 0 aliphatic rings. The second-order valence-electron chi connectivity index (χ2n) is 5.71. The van der Waals surface area contributed by atoms with Crippen LogP contribution < -0.4 is 10.1 Å². The molecule has 1 heterocycles. The summed E-state index contributed by atoms with van der Waals surface area (Å²) in [5.74, 6) is -0.337. The van der Waals surface area contributed by atoms with Gasteiger partial charge in [-0.25, -0.2) is 4.39 Å². The number of nitrogens with zero attached hydrogens (tertiary/aromatic N) is 2. The second kappa shape index (κ2) is 8.68.